The molecular weight excluding hydrogens is 298 g/mol. The lowest BCUT2D eigenvalue weighted by Gasteiger charge is -2.10. The van der Waals surface area contributed by atoms with Crippen LogP contribution in [0.5, 0.6) is 0 Å². The summed E-state index contributed by atoms with van der Waals surface area (Å²) >= 11 is 0. The maximum absolute atomic E-state index is 12.5. The van der Waals surface area contributed by atoms with Gasteiger partial charge in [-0.3, -0.25) is 4.79 Å². The van der Waals surface area contributed by atoms with Crippen molar-refractivity contribution in [3.8, 4) is 5.69 Å². The zero-order valence-electron chi connectivity index (χ0n) is 14.4. The Bertz CT molecular complexity index is 892. The molecule has 3 aromatic rings. The van der Waals surface area contributed by atoms with E-state index in [1.807, 2.05) is 80.9 Å². The number of nitrogens with one attached hydrogen (secondary N) is 1. The molecule has 0 aliphatic heterocycles. The van der Waals surface area contributed by atoms with Crippen molar-refractivity contribution >= 4 is 11.6 Å². The fourth-order valence-corrected chi connectivity index (χ4v) is 2.71. The van der Waals surface area contributed by atoms with E-state index in [-0.39, 0.29) is 5.91 Å². The summed E-state index contributed by atoms with van der Waals surface area (Å²) in [5.41, 5.74) is 6.64. The lowest BCUT2D eigenvalue weighted by molar-refractivity contribution is 0.102. The Labute approximate surface area is 142 Å². The quantitative estimate of drug-likeness (QED) is 0.780. The second-order valence-corrected chi connectivity index (χ2v) is 6.16. The van der Waals surface area contributed by atoms with Crippen molar-refractivity contribution in [2.24, 2.45) is 0 Å². The van der Waals surface area contributed by atoms with Crippen LogP contribution in [0, 0.1) is 27.7 Å². The van der Waals surface area contributed by atoms with Gasteiger partial charge in [-0.05, 0) is 75.2 Å². The average molecular weight is 319 g/mol. The summed E-state index contributed by atoms with van der Waals surface area (Å²) in [7, 11) is 0. The van der Waals surface area contributed by atoms with Gasteiger partial charge in [0.05, 0.1) is 11.4 Å². The summed E-state index contributed by atoms with van der Waals surface area (Å²) < 4.78 is 1.88. The minimum Gasteiger partial charge on any atom is -0.322 e. The van der Waals surface area contributed by atoms with E-state index in [2.05, 4.69) is 10.4 Å². The van der Waals surface area contributed by atoms with Crippen LogP contribution in [-0.4, -0.2) is 15.7 Å². The fourth-order valence-electron chi connectivity index (χ4n) is 2.71. The topological polar surface area (TPSA) is 46.9 Å². The number of carbonyl (C=O) groups is 1. The number of aryl methyl sites for hydroxylation is 4. The van der Waals surface area contributed by atoms with Crippen LogP contribution in [0.1, 0.15) is 32.9 Å². The minimum absolute atomic E-state index is 0.108. The van der Waals surface area contributed by atoms with Gasteiger partial charge in [-0.25, -0.2) is 4.68 Å². The molecule has 1 amide bonds. The number of carbonyl (C=O) groups excluding carboxylic acids is 1. The highest BCUT2D eigenvalue weighted by Crippen LogP contribution is 2.18. The number of rotatable bonds is 3. The minimum atomic E-state index is -0.108. The zero-order chi connectivity index (χ0) is 17.3. The van der Waals surface area contributed by atoms with E-state index in [1.165, 1.54) is 0 Å². The van der Waals surface area contributed by atoms with E-state index in [0.717, 1.165) is 33.9 Å². The maximum atomic E-state index is 12.5. The monoisotopic (exact) mass is 319 g/mol. The smallest absolute Gasteiger partial charge is 0.255 e. The number of benzene rings is 2. The summed E-state index contributed by atoms with van der Waals surface area (Å²) in [6, 6.07) is 15.5. The summed E-state index contributed by atoms with van der Waals surface area (Å²) in [5, 5.41) is 7.44. The molecular formula is C20H21N3O. The van der Waals surface area contributed by atoms with E-state index < -0.39 is 0 Å². The molecule has 4 nitrogen and oxygen atoms in total. The highest BCUT2D eigenvalue weighted by atomic mass is 16.1. The van der Waals surface area contributed by atoms with Crippen LogP contribution in [0.2, 0.25) is 0 Å². The summed E-state index contributed by atoms with van der Waals surface area (Å²) in [5.74, 6) is -0.108. The van der Waals surface area contributed by atoms with E-state index in [1.54, 1.807) is 0 Å². The van der Waals surface area contributed by atoms with E-state index in [9.17, 15) is 4.79 Å². The largest absolute Gasteiger partial charge is 0.322 e. The van der Waals surface area contributed by atoms with Crippen LogP contribution >= 0.6 is 0 Å². The Morgan fingerprint density at radius 1 is 0.958 bits per heavy atom. The molecule has 122 valence electrons. The summed E-state index contributed by atoms with van der Waals surface area (Å²) in [6.07, 6.45) is 0. The Morgan fingerprint density at radius 2 is 1.67 bits per heavy atom. The van der Waals surface area contributed by atoms with Crippen LogP contribution in [-0.2, 0) is 0 Å². The van der Waals surface area contributed by atoms with Gasteiger partial charge in [-0.15, -0.1) is 0 Å². The standard InChI is InChI=1S/C20H21N3O/c1-13-5-6-14(2)19(11-13)21-20(24)17-7-9-18(10-8-17)23-16(4)12-15(3)22-23/h5-12H,1-4H3,(H,21,24). The van der Waals surface area contributed by atoms with Gasteiger partial charge in [0.1, 0.15) is 0 Å². The molecule has 4 heteroatoms. The van der Waals surface area contributed by atoms with Crippen LogP contribution in [0.3, 0.4) is 0 Å². The van der Waals surface area contributed by atoms with Crippen LogP contribution in [0.25, 0.3) is 5.69 Å². The molecule has 0 saturated carbocycles. The third-order valence-electron chi connectivity index (χ3n) is 4.02. The number of anilines is 1. The molecule has 0 radical (unpaired) electrons. The molecule has 24 heavy (non-hydrogen) atoms. The molecule has 2 aromatic carbocycles. The van der Waals surface area contributed by atoms with Gasteiger partial charge in [0.15, 0.2) is 0 Å². The van der Waals surface area contributed by atoms with Crippen LogP contribution in [0.15, 0.2) is 48.5 Å². The highest BCUT2D eigenvalue weighted by Gasteiger charge is 2.09. The molecule has 3 rings (SSSR count). The van der Waals surface area contributed by atoms with E-state index >= 15 is 0 Å². The predicted octanol–water partition coefficient (Wildman–Crippen LogP) is 4.36. The van der Waals surface area contributed by atoms with E-state index in [4.69, 9.17) is 0 Å². The number of hydrogen-bond donors (Lipinski definition) is 1. The van der Waals surface area contributed by atoms with Crippen molar-refractivity contribution in [3.05, 3.63) is 76.6 Å². The van der Waals surface area contributed by atoms with Gasteiger partial charge >= 0.3 is 0 Å². The average Bonchev–Trinajstić information content (AvgIpc) is 2.89. The first-order valence-corrected chi connectivity index (χ1v) is 7.96. The molecule has 1 aromatic heterocycles. The van der Waals surface area contributed by atoms with Gasteiger partial charge in [0.2, 0.25) is 0 Å². The molecule has 1 heterocycles. The highest BCUT2D eigenvalue weighted by molar-refractivity contribution is 6.04. The molecule has 0 bridgehead atoms. The van der Waals surface area contributed by atoms with Crippen LogP contribution in [0.4, 0.5) is 5.69 Å². The number of nitrogens with zero attached hydrogens (tertiary/aromatic N) is 2. The normalized spacial score (nSPS) is 10.7. The number of hydrogen-bond acceptors (Lipinski definition) is 2. The van der Waals surface area contributed by atoms with Gasteiger partial charge in [-0.2, -0.15) is 5.10 Å². The molecule has 0 atom stereocenters. The van der Waals surface area contributed by atoms with Crippen molar-refractivity contribution < 1.29 is 4.79 Å². The molecule has 0 aliphatic rings. The lowest BCUT2D eigenvalue weighted by Crippen LogP contribution is -2.13. The van der Waals surface area contributed by atoms with Gasteiger partial charge < -0.3 is 5.32 Å². The Morgan fingerprint density at radius 3 is 2.29 bits per heavy atom. The third-order valence-corrected chi connectivity index (χ3v) is 4.02. The van der Waals surface area contributed by atoms with Gasteiger partial charge in [-0.1, -0.05) is 12.1 Å². The molecule has 0 aliphatic carbocycles. The second kappa shape index (κ2) is 6.32. The summed E-state index contributed by atoms with van der Waals surface area (Å²) in [4.78, 5) is 12.5. The Balaban J connectivity index is 1.81. The molecule has 0 unspecified atom stereocenters. The van der Waals surface area contributed by atoms with Crippen molar-refractivity contribution in [2.45, 2.75) is 27.7 Å². The van der Waals surface area contributed by atoms with Gasteiger partial charge in [0.25, 0.3) is 5.91 Å². The third kappa shape index (κ3) is 3.23. The lowest BCUT2D eigenvalue weighted by atomic mass is 10.1. The fraction of sp³-hybridized carbons (Fsp3) is 0.200. The molecule has 0 fully saturated rings. The molecule has 0 spiro atoms. The first kappa shape index (κ1) is 16.0. The second-order valence-electron chi connectivity index (χ2n) is 6.16. The first-order chi connectivity index (χ1) is 11.4. The number of amides is 1. The van der Waals surface area contributed by atoms with Crippen molar-refractivity contribution in [2.75, 3.05) is 5.32 Å². The predicted molar refractivity (Wildman–Crippen MR) is 96.9 cm³/mol. The summed E-state index contributed by atoms with van der Waals surface area (Å²) in [6.45, 7) is 7.98. The number of aromatic nitrogens is 2. The first-order valence-electron chi connectivity index (χ1n) is 7.96. The van der Waals surface area contributed by atoms with Crippen molar-refractivity contribution in [3.63, 3.8) is 0 Å². The van der Waals surface area contributed by atoms with Gasteiger partial charge in [0, 0.05) is 16.9 Å². The van der Waals surface area contributed by atoms with Crippen LogP contribution < -0.4 is 5.32 Å². The SMILES string of the molecule is Cc1ccc(C)c(NC(=O)c2ccc(-n3nc(C)cc3C)cc2)c1. The Kier molecular flexibility index (Phi) is 4.21. The van der Waals surface area contributed by atoms with Crippen molar-refractivity contribution in [1.82, 2.24) is 9.78 Å². The zero-order valence-corrected chi connectivity index (χ0v) is 14.4. The Hall–Kier alpha value is -2.88. The van der Waals surface area contributed by atoms with E-state index in [0.29, 0.717) is 5.56 Å². The molecule has 1 N–H and O–H groups in total. The molecule has 0 saturated heterocycles. The maximum Gasteiger partial charge on any atom is 0.255 e. The van der Waals surface area contributed by atoms with Crippen molar-refractivity contribution in [1.29, 1.82) is 0 Å².